The number of ether oxygens (including phenoxy) is 1. The number of nitrogens with zero attached hydrogens (tertiary/aromatic N) is 4. The summed E-state index contributed by atoms with van der Waals surface area (Å²) in [6.45, 7) is 3.07. The van der Waals surface area contributed by atoms with Gasteiger partial charge in [-0.05, 0) is 48.9 Å². The molecule has 0 aliphatic rings. The zero-order chi connectivity index (χ0) is 20.3. The van der Waals surface area contributed by atoms with Crippen LogP contribution in [0.25, 0.3) is 11.0 Å². The van der Waals surface area contributed by atoms with Crippen LogP contribution in [0.4, 0.5) is 0 Å². The average molecular weight is 398 g/mol. The van der Waals surface area contributed by atoms with Gasteiger partial charge in [0.15, 0.2) is 0 Å². The lowest BCUT2D eigenvalue weighted by atomic mass is 10.2. The Kier molecular flexibility index (Phi) is 5.68. The minimum absolute atomic E-state index is 0.214. The summed E-state index contributed by atoms with van der Waals surface area (Å²) in [5.74, 6) is 1.37. The number of rotatable bonds is 7. The van der Waals surface area contributed by atoms with Gasteiger partial charge in [-0.15, -0.1) is 0 Å². The van der Waals surface area contributed by atoms with Crippen molar-refractivity contribution in [2.24, 2.45) is 0 Å². The van der Waals surface area contributed by atoms with Crippen LogP contribution in [0, 0.1) is 11.3 Å². The highest BCUT2D eigenvalue weighted by Gasteiger charge is 2.19. The molecule has 1 aromatic heterocycles. The van der Waals surface area contributed by atoms with Gasteiger partial charge in [-0.25, -0.2) is 17.7 Å². The fourth-order valence-electron chi connectivity index (χ4n) is 2.89. The van der Waals surface area contributed by atoms with Gasteiger partial charge >= 0.3 is 0 Å². The Hall–Kier alpha value is -2.89. The molecule has 8 heteroatoms. The SMILES string of the molecule is CCCn1c(COc2ccc(C#N)cc2)nc2cc(S(=O)(=O)N(C)C)ccc21. The van der Waals surface area contributed by atoms with Crippen molar-refractivity contribution in [2.75, 3.05) is 14.1 Å². The highest BCUT2D eigenvalue weighted by molar-refractivity contribution is 7.89. The van der Waals surface area contributed by atoms with Crippen LogP contribution in [-0.2, 0) is 23.2 Å². The number of aryl methyl sites for hydroxylation is 1. The first-order valence-corrected chi connectivity index (χ1v) is 10.4. The van der Waals surface area contributed by atoms with Gasteiger partial charge in [0.2, 0.25) is 10.0 Å². The Labute approximate surface area is 164 Å². The van der Waals surface area contributed by atoms with Crippen LogP contribution in [0.15, 0.2) is 47.4 Å². The molecular weight excluding hydrogens is 376 g/mol. The van der Waals surface area contributed by atoms with Gasteiger partial charge in [0.05, 0.1) is 27.6 Å². The first-order chi connectivity index (χ1) is 13.4. The third-order valence-electron chi connectivity index (χ3n) is 4.38. The molecule has 28 heavy (non-hydrogen) atoms. The smallest absolute Gasteiger partial charge is 0.242 e. The molecule has 2 aromatic carbocycles. The molecule has 0 spiro atoms. The highest BCUT2D eigenvalue weighted by atomic mass is 32.2. The third-order valence-corrected chi connectivity index (χ3v) is 6.19. The Morgan fingerprint density at radius 1 is 1.18 bits per heavy atom. The Morgan fingerprint density at radius 2 is 1.89 bits per heavy atom. The summed E-state index contributed by atoms with van der Waals surface area (Å²) >= 11 is 0. The average Bonchev–Trinajstić information content (AvgIpc) is 3.03. The summed E-state index contributed by atoms with van der Waals surface area (Å²) in [5, 5.41) is 8.88. The summed E-state index contributed by atoms with van der Waals surface area (Å²) in [5.41, 5.74) is 2.06. The predicted molar refractivity (Wildman–Crippen MR) is 106 cm³/mol. The molecule has 1 heterocycles. The molecule has 0 unspecified atom stereocenters. The molecule has 7 nitrogen and oxygen atoms in total. The van der Waals surface area contributed by atoms with E-state index in [1.54, 1.807) is 42.5 Å². The van der Waals surface area contributed by atoms with Crippen molar-refractivity contribution in [3.63, 3.8) is 0 Å². The molecular formula is C20H22N4O3S. The lowest BCUT2D eigenvalue weighted by Gasteiger charge is -2.11. The third kappa shape index (κ3) is 3.86. The predicted octanol–water partition coefficient (Wildman–Crippen LogP) is 3.15. The van der Waals surface area contributed by atoms with Crippen LogP contribution in [0.3, 0.4) is 0 Å². The summed E-state index contributed by atoms with van der Waals surface area (Å²) < 4.78 is 33.9. The van der Waals surface area contributed by atoms with E-state index >= 15 is 0 Å². The standard InChI is InChI=1S/C20H22N4O3S/c1-4-11-24-19-10-9-17(28(25,26)23(2)3)12-18(19)22-20(24)14-27-16-7-5-15(13-21)6-8-16/h5-10,12H,4,11,14H2,1-3H3. The van der Waals surface area contributed by atoms with Crippen LogP contribution in [0.1, 0.15) is 24.7 Å². The fourth-order valence-corrected chi connectivity index (χ4v) is 3.81. The molecule has 0 amide bonds. The van der Waals surface area contributed by atoms with Crippen LogP contribution in [-0.4, -0.2) is 36.4 Å². The van der Waals surface area contributed by atoms with Crippen LogP contribution in [0.2, 0.25) is 0 Å². The van der Waals surface area contributed by atoms with Crippen molar-refractivity contribution in [3.8, 4) is 11.8 Å². The quantitative estimate of drug-likeness (QED) is 0.610. The molecule has 0 atom stereocenters. The zero-order valence-electron chi connectivity index (χ0n) is 16.1. The van der Waals surface area contributed by atoms with Crippen molar-refractivity contribution < 1.29 is 13.2 Å². The zero-order valence-corrected chi connectivity index (χ0v) is 16.9. The van der Waals surface area contributed by atoms with Gasteiger partial charge in [-0.2, -0.15) is 5.26 Å². The monoisotopic (exact) mass is 398 g/mol. The Bertz CT molecular complexity index is 1130. The molecule has 3 aromatic rings. The van der Waals surface area contributed by atoms with E-state index in [1.807, 2.05) is 4.57 Å². The van der Waals surface area contributed by atoms with Gasteiger partial charge in [-0.1, -0.05) is 6.92 Å². The summed E-state index contributed by atoms with van der Waals surface area (Å²) in [6, 6.07) is 14.0. The number of sulfonamides is 1. The molecule has 3 rings (SSSR count). The molecule has 0 N–H and O–H groups in total. The van der Waals surface area contributed by atoms with Gasteiger partial charge in [-0.3, -0.25) is 0 Å². The molecule has 0 saturated carbocycles. The number of aromatic nitrogens is 2. The van der Waals surface area contributed by atoms with E-state index in [9.17, 15) is 8.42 Å². The second-order valence-electron chi connectivity index (χ2n) is 6.54. The lowest BCUT2D eigenvalue weighted by Crippen LogP contribution is -2.22. The number of nitriles is 1. The first kappa shape index (κ1) is 19.9. The van der Waals surface area contributed by atoms with E-state index in [0.717, 1.165) is 24.3 Å². The van der Waals surface area contributed by atoms with Crippen molar-refractivity contribution >= 4 is 21.1 Å². The molecule has 0 fully saturated rings. The number of hydrogen-bond donors (Lipinski definition) is 0. The maximum Gasteiger partial charge on any atom is 0.242 e. The first-order valence-electron chi connectivity index (χ1n) is 8.91. The lowest BCUT2D eigenvalue weighted by molar-refractivity contribution is 0.290. The molecule has 0 aliphatic carbocycles. The van der Waals surface area contributed by atoms with Crippen molar-refractivity contribution in [1.82, 2.24) is 13.9 Å². The Morgan fingerprint density at radius 3 is 2.50 bits per heavy atom. The summed E-state index contributed by atoms with van der Waals surface area (Å²) in [6.07, 6.45) is 0.910. The van der Waals surface area contributed by atoms with E-state index in [1.165, 1.54) is 18.4 Å². The fraction of sp³-hybridized carbons (Fsp3) is 0.300. The van der Waals surface area contributed by atoms with Crippen LogP contribution >= 0.6 is 0 Å². The molecule has 0 saturated heterocycles. The number of benzene rings is 2. The van der Waals surface area contributed by atoms with Gasteiger partial charge in [0, 0.05) is 20.6 Å². The second-order valence-corrected chi connectivity index (χ2v) is 8.69. The maximum absolute atomic E-state index is 12.4. The van der Waals surface area contributed by atoms with Crippen molar-refractivity contribution in [2.45, 2.75) is 31.4 Å². The van der Waals surface area contributed by atoms with Gasteiger partial charge < -0.3 is 9.30 Å². The topological polar surface area (TPSA) is 88.2 Å². The minimum Gasteiger partial charge on any atom is -0.486 e. The number of imidazole rings is 1. The van der Waals surface area contributed by atoms with Gasteiger partial charge in [0.1, 0.15) is 18.2 Å². The maximum atomic E-state index is 12.4. The molecule has 0 radical (unpaired) electrons. The molecule has 0 bridgehead atoms. The highest BCUT2D eigenvalue weighted by Crippen LogP contribution is 2.23. The van der Waals surface area contributed by atoms with Crippen LogP contribution < -0.4 is 4.74 Å². The summed E-state index contributed by atoms with van der Waals surface area (Å²) in [7, 11) is -0.508. The van der Waals surface area contributed by atoms with E-state index < -0.39 is 10.0 Å². The van der Waals surface area contributed by atoms with Crippen molar-refractivity contribution in [1.29, 1.82) is 5.26 Å². The summed E-state index contributed by atoms with van der Waals surface area (Å²) in [4.78, 5) is 4.83. The second kappa shape index (κ2) is 8.00. The van der Waals surface area contributed by atoms with Crippen LogP contribution in [0.5, 0.6) is 5.75 Å². The van der Waals surface area contributed by atoms with E-state index in [2.05, 4.69) is 18.0 Å². The van der Waals surface area contributed by atoms with E-state index in [0.29, 0.717) is 16.8 Å². The Balaban J connectivity index is 1.94. The largest absolute Gasteiger partial charge is 0.486 e. The molecule has 0 aliphatic heterocycles. The normalized spacial score (nSPS) is 11.7. The number of fused-ring (bicyclic) bond motifs is 1. The minimum atomic E-state index is -3.52. The van der Waals surface area contributed by atoms with Gasteiger partial charge in [0.25, 0.3) is 0 Å². The number of hydrogen-bond acceptors (Lipinski definition) is 5. The van der Waals surface area contributed by atoms with E-state index in [4.69, 9.17) is 10.00 Å². The van der Waals surface area contributed by atoms with Crippen molar-refractivity contribution in [3.05, 3.63) is 53.9 Å². The van der Waals surface area contributed by atoms with E-state index in [-0.39, 0.29) is 11.5 Å². The molecule has 146 valence electrons.